The minimum absolute atomic E-state index is 0.372. The number of thiocarbonyl (C=S) groups is 1. The van der Waals surface area contributed by atoms with Gasteiger partial charge in [-0.3, -0.25) is 0 Å². The minimum Gasteiger partial charge on any atom is -0.495 e. The van der Waals surface area contributed by atoms with Gasteiger partial charge in [0, 0.05) is 20.6 Å². The van der Waals surface area contributed by atoms with E-state index in [2.05, 4.69) is 21.2 Å². The quantitative estimate of drug-likeness (QED) is 0.586. The molecule has 0 aliphatic carbocycles. The molecule has 21 heavy (non-hydrogen) atoms. The second-order valence-corrected chi connectivity index (χ2v) is 6.42. The van der Waals surface area contributed by atoms with Crippen molar-refractivity contribution in [1.29, 1.82) is 0 Å². The Hall–Kier alpha value is -1.24. The molecule has 0 heterocycles. The van der Waals surface area contributed by atoms with Crippen molar-refractivity contribution >= 4 is 56.3 Å². The number of thioether (sulfide) groups is 1. The monoisotopic (exact) mass is 382 g/mol. The van der Waals surface area contributed by atoms with Crippen LogP contribution in [0.25, 0.3) is 0 Å². The highest BCUT2D eigenvalue weighted by Crippen LogP contribution is 2.34. The predicted octanol–water partition coefficient (Wildman–Crippen LogP) is 4.56. The van der Waals surface area contributed by atoms with E-state index in [-0.39, 0.29) is 0 Å². The van der Waals surface area contributed by atoms with E-state index in [0.29, 0.717) is 4.99 Å². The highest BCUT2D eigenvalue weighted by Gasteiger charge is 2.12. The van der Waals surface area contributed by atoms with Crippen molar-refractivity contribution in [2.75, 3.05) is 18.7 Å². The van der Waals surface area contributed by atoms with Crippen LogP contribution in [0.4, 0.5) is 11.4 Å². The summed E-state index contributed by atoms with van der Waals surface area (Å²) < 4.78 is 6.34. The molecule has 2 aromatic carbocycles. The van der Waals surface area contributed by atoms with Gasteiger partial charge >= 0.3 is 0 Å². The Bertz CT molecular complexity index is 677. The summed E-state index contributed by atoms with van der Waals surface area (Å²) in [6.45, 7) is 0. The van der Waals surface area contributed by atoms with Gasteiger partial charge in [0.25, 0.3) is 0 Å². The highest BCUT2D eigenvalue weighted by molar-refractivity contribution is 9.10. The summed E-state index contributed by atoms with van der Waals surface area (Å²) in [5, 5.41) is 3.35. The molecule has 2 aromatic rings. The number of methoxy groups -OCH3 is 1. The van der Waals surface area contributed by atoms with Gasteiger partial charge in [-0.05, 0) is 36.6 Å². The number of benzene rings is 2. The van der Waals surface area contributed by atoms with Crippen LogP contribution in [0.5, 0.6) is 5.75 Å². The molecule has 6 heteroatoms. The van der Waals surface area contributed by atoms with Gasteiger partial charge in [-0.15, -0.1) is 11.8 Å². The van der Waals surface area contributed by atoms with Crippen LogP contribution in [0.3, 0.4) is 0 Å². The Balaban J connectivity index is 2.49. The van der Waals surface area contributed by atoms with Crippen molar-refractivity contribution in [3.63, 3.8) is 0 Å². The highest BCUT2D eigenvalue weighted by atomic mass is 79.9. The molecule has 0 aliphatic heterocycles. The zero-order valence-electron chi connectivity index (χ0n) is 11.6. The third kappa shape index (κ3) is 3.70. The third-order valence-corrected chi connectivity index (χ3v) is 4.40. The van der Waals surface area contributed by atoms with Crippen LogP contribution in [0, 0.1) is 0 Å². The number of ether oxygens (including phenoxy) is 1. The lowest BCUT2D eigenvalue weighted by molar-refractivity contribution is 0.417. The van der Waals surface area contributed by atoms with Crippen LogP contribution < -0.4 is 15.8 Å². The SMILES string of the molecule is COc1ccc(Br)cc1Nc1cccc(SC)c1C(N)=S. The Morgan fingerprint density at radius 2 is 2.05 bits per heavy atom. The molecule has 0 amide bonds. The van der Waals surface area contributed by atoms with Crippen LogP contribution in [0.1, 0.15) is 5.56 Å². The van der Waals surface area contributed by atoms with E-state index in [4.69, 9.17) is 22.7 Å². The lowest BCUT2D eigenvalue weighted by Crippen LogP contribution is -2.13. The van der Waals surface area contributed by atoms with Gasteiger partial charge < -0.3 is 15.8 Å². The topological polar surface area (TPSA) is 47.3 Å². The maximum atomic E-state index is 5.88. The number of nitrogens with two attached hydrogens (primary N) is 1. The third-order valence-electron chi connectivity index (χ3n) is 2.92. The van der Waals surface area contributed by atoms with E-state index >= 15 is 0 Å². The minimum atomic E-state index is 0.372. The van der Waals surface area contributed by atoms with E-state index in [0.717, 1.165) is 32.1 Å². The smallest absolute Gasteiger partial charge is 0.142 e. The molecule has 0 atom stereocenters. The second kappa shape index (κ2) is 7.15. The fourth-order valence-electron chi connectivity index (χ4n) is 1.98. The zero-order chi connectivity index (χ0) is 15.4. The fraction of sp³-hybridized carbons (Fsp3) is 0.133. The largest absolute Gasteiger partial charge is 0.495 e. The van der Waals surface area contributed by atoms with Gasteiger partial charge in [-0.25, -0.2) is 0 Å². The molecular formula is C15H15BrN2OS2. The molecule has 0 aliphatic rings. The summed E-state index contributed by atoms with van der Waals surface area (Å²) in [5.74, 6) is 0.752. The van der Waals surface area contributed by atoms with E-state index in [1.54, 1.807) is 18.9 Å². The Kier molecular flexibility index (Phi) is 5.50. The van der Waals surface area contributed by atoms with Crippen molar-refractivity contribution in [2.45, 2.75) is 4.90 Å². The van der Waals surface area contributed by atoms with Gasteiger partial charge in [0.1, 0.15) is 10.7 Å². The first-order chi connectivity index (χ1) is 10.1. The molecule has 110 valence electrons. The summed E-state index contributed by atoms with van der Waals surface area (Å²) in [5.41, 5.74) is 8.45. The average molecular weight is 383 g/mol. The first-order valence-electron chi connectivity index (χ1n) is 6.14. The van der Waals surface area contributed by atoms with E-state index in [1.165, 1.54) is 0 Å². The lowest BCUT2D eigenvalue weighted by Gasteiger charge is -2.16. The van der Waals surface area contributed by atoms with Crippen molar-refractivity contribution in [1.82, 2.24) is 0 Å². The number of hydrogen-bond acceptors (Lipinski definition) is 4. The van der Waals surface area contributed by atoms with Crippen LogP contribution >= 0.6 is 39.9 Å². The second-order valence-electron chi connectivity index (χ2n) is 4.22. The molecule has 2 rings (SSSR count). The zero-order valence-corrected chi connectivity index (χ0v) is 14.9. The molecule has 3 nitrogen and oxygen atoms in total. The van der Waals surface area contributed by atoms with Crippen LogP contribution in [-0.4, -0.2) is 18.4 Å². The summed E-state index contributed by atoms with van der Waals surface area (Å²) in [7, 11) is 1.64. The molecule has 0 saturated carbocycles. The Morgan fingerprint density at radius 1 is 1.29 bits per heavy atom. The molecule has 0 bridgehead atoms. The summed E-state index contributed by atoms with van der Waals surface area (Å²) in [6.07, 6.45) is 2.00. The van der Waals surface area contributed by atoms with Gasteiger partial charge in [0.05, 0.1) is 12.8 Å². The molecule has 0 fully saturated rings. The first-order valence-corrected chi connectivity index (χ1v) is 8.56. The Morgan fingerprint density at radius 3 is 2.67 bits per heavy atom. The summed E-state index contributed by atoms with van der Waals surface area (Å²) in [4.78, 5) is 1.41. The van der Waals surface area contributed by atoms with Gasteiger partial charge in [-0.1, -0.05) is 34.2 Å². The van der Waals surface area contributed by atoms with Gasteiger partial charge in [0.15, 0.2) is 0 Å². The molecular weight excluding hydrogens is 368 g/mol. The number of hydrogen-bond donors (Lipinski definition) is 2. The number of halogens is 1. The lowest BCUT2D eigenvalue weighted by atomic mass is 10.1. The van der Waals surface area contributed by atoms with Crippen LogP contribution in [0.15, 0.2) is 45.8 Å². The summed E-state index contributed by atoms with van der Waals surface area (Å²) >= 11 is 10.3. The van der Waals surface area contributed by atoms with Gasteiger partial charge in [0.2, 0.25) is 0 Å². The van der Waals surface area contributed by atoms with E-state index in [1.807, 2.05) is 42.7 Å². The van der Waals surface area contributed by atoms with Gasteiger partial charge in [-0.2, -0.15) is 0 Å². The standard InChI is InChI=1S/C15H15BrN2OS2/c1-19-12-7-6-9(16)8-11(12)18-10-4-3-5-13(21-2)14(10)15(17)20/h3-8,18H,1-2H3,(H2,17,20). The van der Waals surface area contributed by atoms with Crippen molar-refractivity contribution in [3.05, 3.63) is 46.4 Å². The van der Waals surface area contributed by atoms with Crippen molar-refractivity contribution in [2.24, 2.45) is 5.73 Å². The van der Waals surface area contributed by atoms with Crippen molar-refractivity contribution < 1.29 is 4.74 Å². The molecule has 0 saturated heterocycles. The molecule has 3 N–H and O–H groups in total. The fourth-order valence-corrected chi connectivity index (χ4v) is 3.27. The molecule has 0 unspecified atom stereocenters. The maximum absolute atomic E-state index is 5.88. The number of nitrogens with one attached hydrogen (secondary N) is 1. The molecule has 0 spiro atoms. The molecule has 0 radical (unpaired) electrons. The normalized spacial score (nSPS) is 10.2. The first kappa shape index (κ1) is 16.1. The van der Waals surface area contributed by atoms with E-state index < -0.39 is 0 Å². The average Bonchev–Trinajstić information content (AvgIpc) is 2.47. The predicted molar refractivity (Wildman–Crippen MR) is 98.1 cm³/mol. The Labute approximate surface area is 142 Å². The summed E-state index contributed by atoms with van der Waals surface area (Å²) in [6, 6.07) is 11.7. The van der Waals surface area contributed by atoms with E-state index in [9.17, 15) is 0 Å². The molecule has 0 aromatic heterocycles. The van der Waals surface area contributed by atoms with Crippen LogP contribution in [0.2, 0.25) is 0 Å². The van der Waals surface area contributed by atoms with Crippen molar-refractivity contribution in [3.8, 4) is 5.75 Å². The maximum Gasteiger partial charge on any atom is 0.142 e. The van der Waals surface area contributed by atoms with Crippen LogP contribution in [-0.2, 0) is 0 Å². The number of anilines is 2. The number of rotatable bonds is 5.